The molecule has 0 aliphatic carbocycles. The lowest BCUT2D eigenvalue weighted by atomic mass is 9.77. The van der Waals surface area contributed by atoms with Crippen LogP contribution in [-0.4, -0.2) is 34.3 Å². The van der Waals surface area contributed by atoms with Gasteiger partial charge in [0.1, 0.15) is 0 Å². The molecule has 1 heterocycles. The molecule has 0 radical (unpaired) electrons. The van der Waals surface area contributed by atoms with E-state index in [9.17, 15) is 9.59 Å². The second-order valence-electron chi connectivity index (χ2n) is 6.46. The molecule has 1 fully saturated rings. The summed E-state index contributed by atoms with van der Waals surface area (Å²) >= 11 is 0. The van der Waals surface area contributed by atoms with E-state index < -0.39 is 0 Å². The van der Waals surface area contributed by atoms with Crippen molar-refractivity contribution in [2.75, 3.05) is 0 Å². The summed E-state index contributed by atoms with van der Waals surface area (Å²) in [5.41, 5.74) is 0.0102. The lowest BCUT2D eigenvalue weighted by molar-refractivity contribution is -0.136. The van der Waals surface area contributed by atoms with E-state index in [1.807, 2.05) is 32.6 Å². The first-order chi connectivity index (χ1) is 8.10. The number of nitrogens with zero attached hydrogens (tertiary/aromatic N) is 1. The predicted molar refractivity (Wildman–Crippen MR) is 72.0 cm³/mol. The monoisotopic (exact) mass is 252 g/mol. The number of likely N-dealkylation sites (tertiary alicyclic amines) is 1. The van der Waals surface area contributed by atoms with Crippen LogP contribution in [0.25, 0.3) is 0 Å². The third kappa shape index (κ3) is 2.92. The molecule has 0 unspecified atom stereocenters. The Morgan fingerprint density at radius 3 is 2.06 bits per heavy atom. The van der Waals surface area contributed by atoms with Gasteiger partial charge in [0.05, 0.1) is 0 Å². The Kier molecular flexibility index (Phi) is 3.89. The minimum atomic E-state index is -0.253. The molecule has 1 saturated heterocycles. The molecule has 1 aliphatic heterocycles. The van der Waals surface area contributed by atoms with E-state index in [0.717, 1.165) is 19.3 Å². The average molecular weight is 252 g/mol. The number of hydrogen-bond acceptors (Lipinski definition) is 2. The van der Waals surface area contributed by atoms with Gasteiger partial charge in [0.2, 0.25) is 12.3 Å². The van der Waals surface area contributed by atoms with Crippen molar-refractivity contribution in [1.82, 2.24) is 10.2 Å². The average Bonchev–Trinajstić information content (AvgIpc) is 2.13. The summed E-state index contributed by atoms with van der Waals surface area (Å²) in [6.07, 6.45) is 2.43. The maximum Gasteiger partial charge on any atom is 0.246 e. The minimum Gasteiger partial charge on any atom is -0.349 e. The Labute approximate surface area is 109 Å². The summed E-state index contributed by atoms with van der Waals surface area (Å²) < 4.78 is 0. The zero-order valence-corrected chi connectivity index (χ0v) is 12.0. The van der Waals surface area contributed by atoms with Gasteiger partial charge in [-0.3, -0.25) is 9.59 Å². The molecule has 0 aromatic carbocycles. The Balaban J connectivity index is 2.86. The molecule has 0 atom stereocenters. The van der Waals surface area contributed by atoms with E-state index in [2.05, 4.69) is 11.9 Å². The first-order valence-electron chi connectivity index (χ1n) is 6.31. The molecule has 1 N–H and O–H groups in total. The lowest BCUT2D eigenvalue weighted by Gasteiger charge is -2.53. The van der Waals surface area contributed by atoms with Crippen molar-refractivity contribution in [3.05, 3.63) is 12.2 Å². The third-order valence-corrected chi connectivity index (χ3v) is 3.62. The van der Waals surface area contributed by atoms with Gasteiger partial charge in [-0.2, -0.15) is 0 Å². The number of hydrogen-bond donors (Lipinski definition) is 1. The largest absolute Gasteiger partial charge is 0.349 e. The van der Waals surface area contributed by atoms with Gasteiger partial charge in [0.15, 0.2) is 0 Å². The summed E-state index contributed by atoms with van der Waals surface area (Å²) in [6, 6.07) is 0.0791. The molecule has 4 heteroatoms. The molecule has 0 aromatic rings. The van der Waals surface area contributed by atoms with E-state index in [4.69, 9.17) is 0 Å². The molecule has 0 aromatic heterocycles. The lowest BCUT2D eigenvalue weighted by Crippen LogP contribution is -2.63. The summed E-state index contributed by atoms with van der Waals surface area (Å²) in [5, 5.41) is 2.99. The van der Waals surface area contributed by atoms with E-state index in [1.165, 1.54) is 0 Å². The summed E-state index contributed by atoms with van der Waals surface area (Å²) in [5.74, 6) is -0.105. The first-order valence-corrected chi connectivity index (χ1v) is 6.31. The molecular weight excluding hydrogens is 228 g/mol. The highest BCUT2D eigenvalue weighted by atomic mass is 16.2. The van der Waals surface area contributed by atoms with Gasteiger partial charge in [0.25, 0.3) is 0 Å². The van der Waals surface area contributed by atoms with E-state index in [1.54, 1.807) is 6.92 Å². The molecule has 0 spiro atoms. The van der Waals surface area contributed by atoms with Crippen molar-refractivity contribution < 1.29 is 9.59 Å². The second-order valence-corrected chi connectivity index (χ2v) is 6.46. The zero-order valence-electron chi connectivity index (χ0n) is 12.0. The smallest absolute Gasteiger partial charge is 0.246 e. The SMILES string of the molecule is C=C(C)C(=O)NC1CC(C)(C)N(C=O)C(C)(C)C1. The van der Waals surface area contributed by atoms with Crippen LogP contribution in [0.4, 0.5) is 0 Å². The molecule has 18 heavy (non-hydrogen) atoms. The topological polar surface area (TPSA) is 49.4 Å². The second kappa shape index (κ2) is 4.75. The molecule has 102 valence electrons. The van der Waals surface area contributed by atoms with Gasteiger partial charge in [-0.1, -0.05) is 6.58 Å². The van der Waals surface area contributed by atoms with Crippen molar-refractivity contribution in [3.63, 3.8) is 0 Å². The van der Waals surface area contributed by atoms with Crippen LogP contribution >= 0.6 is 0 Å². The number of nitrogens with one attached hydrogen (secondary N) is 1. The maximum atomic E-state index is 11.7. The molecule has 2 amide bonds. The summed E-state index contributed by atoms with van der Waals surface area (Å²) in [7, 11) is 0. The fraction of sp³-hybridized carbons (Fsp3) is 0.714. The number of rotatable bonds is 3. The van der Waals surface area contributed by atoms with E-state index in [-0.39, 0.29) is 23.0 Å². The Morgan fingerprint density at radius 2 is 1.72 bits per heavy atom. The summed E-state index contributed by atoms with van der Waals surface area (Å²) in [4.78, 5) is 24.8. The molecule has 0 saturated carbocycles. The van der Waals surface area contributed by atoms with Gasteiger partial charge >= 0.3 is 0 Å². The van der Waals surface area contributed by atoms with Gasteiger partial charge in [-0.05, 0) is 47.5 Å². The van der Waals surface area contributed by atoms with Crippen LogP contribution in [0.3, 0.4) is 0 Å². The highest BCUT2D eigenvalue weighted by Crippen LogP contribution is 2.37. The maximum absolute atomic E-state index is 11.7. The molecule has 0 bridgehead atoms. The first kappa shape index (κ1) is 14.7. The van der Waals surface area contributed by atoms with Gasteiger partial charge in [-0.25, -0.2) is 0 Å². The summed E-state index contributed by atoms with van der Waals surface area (Å²) in [6.45, 7) is 13.5. The van der Waals surface area contributed by atoms with Crippen molar-refractivity contribution in [1.29, 1.82) is 0 Å². The highest BCUT2D eigenvalue weighted by molar-refractivity contribution is 5.92. The quantitative estimate of drug-likeness (QED) is 0.615. The Morgan fingerprint density at radius 1 is 1.28 bits per heavy atom. The molecule has 4 nitrogen and oxygen atoms in total. The number of piperidine rings is 1. The number of carbonyl (C=O) groups is 2. The number of amides is 2. The van der Waals surface area contributed by atoms with Crippen LogP contribution in [0.1, 0.15) is 47.5 Å². The Hall–Kier alpha value is -1.32. The van der Waals surface area contributed by atoms with Crippen LogP contribution < -0.4 is 5.32 Å². The van der Waals surface area contributed by atoms with Gasteiger partial charge in [0, 0.05) is 22.7 Å². The molecular formula is C14H24N2O2. The van der Waals surface area contributed by atoms with Crippen LogP contribution in [-0.2, 0) is 9.59 Å². The van der Waals surface area contributed by atoms with Crippen LogP contribution in [0.15, 0.2) is 12.2 Å². The van der Waals surface area contributed by atoms with Gasteiger partial charge in [-0.15, -0.1) is 0 Å². The Bertz CT molecular complexity index is 354. The van der Waals surface area contributed by atoms with Crippen molar-refractivity contribution >= 4 is 12.3 Å². The normalized spacial score (nSPS) is 22.4. The number of carbonyl (C=O) groups excluding carboxylic acids is 2. The van der Waals surface area contributed by atoms with Gasteiger partial charge < -0.3 is 10.2 Å². The third-order valence-electron chi connectivity index (χ3n) is 3.62. The van der Waals surface area contributed by atoms with E-state index in [0.29, 0.717) is 5.57 Å². The highest BCUT2D eigenvalue weighted by Gasteiger charge is 2.44. The van der Waals surface area contributed by atoms with Crippen LogP contribution in [0.5, 0.6) is 0 Å². The van der Waals surface area contributed by atoms with E-state index >= 15 is 0 Å². The fourth-order valence-electron chi connectivity index (χ4n) is 2.99. The molecule has 1 rings (SSSR count). The van der Waals surface area contributed by atoms with Crippen LogP contribution in [0, 0.1) is 0 Å². The predicted octanol–water partition coefficient (Wildman–Crippen LogP) is 1.86. The zero-order chi connectivity index (χ0) is 14.1. The fourth-order valence-corrected chi connectivity index (χ4v) is 2.99. The standard InChI is InChI=1S/C14H24N2O2/c1-10(2)12(18)15-11-7-13(3,4)16(9-17)14(5,6)8-11/h9,11H,1,7-8H2,2-6H3,(H,15,18). The minimum absolute atomic E-state index is 0.0791. The van der Waals surface area contributed by atoms with Crippen molar-refractivity contribution in [2.24, 2.45) is 0 Å². The van der Waals surface area contributed by atoms with Crippen molar-refractivity contribution in [2.45, 2.75) is 64.6 Å². The molecule has 1 aliphatic rings. The van der Waals surface area contributed by atoms with Crippen LogP contribution in [0.2, 0.25) is 0 Å². The van der Waals surface area contributed by atoms with Crippen molar-refractivity contribution in [3.8, 4) is 0 Å².